The summed E-state index contributed by atoms with van der Waals surface area (Å²) in [5.74, 6) is 0. The molecule has 2 N–H and O–H groups in total. The standard InChI is InChI=1S/C15H22N2/c1-2-15(7-8-15)11-16-10-13-5-3-4-12-6-9-17-14(12)13/h3-5,16-17H,2,6-11H2,1H3. The van der Waals surface area contributed by atoms with Crippen molar-refractivity contribution in [2.24, 2.45) is 5.41 Å². The molecule has 0 aromatic heterocycles. The molecule has 0 spiro atoms. The van der Waals surface area contributed by atoms with Gasteiger partial charge >= 0.3 is 0 Å². The monoisotopic (exact) mass is 230 g/mol. The van der Waals surface area contributed by atoms with Crippen molar-refractivity contribution in [2.75, 3.05) is 18.4 Å². The Morgan fingerprint density at radius 3 is 3.00 bits per heavy atom. The van der Waals surface area contributed by atoms with Crippen molar-refractivity contribution in [2.45, 2.75) is 39.2 Å². The number of nitrogens with one attached hydrogen (secondary N) is 2. The fraction of sp³-hybridized carbons (Fsp3) is 0.600. The second kappa shape index (κ2) is 4.34. The molecule has 0 saturated heterocycles. The summed E-state index contributed by atoms with van der Waals surface area (Å²) >= 11 is 0. The Morgan fingerprint density at radius 1 is 1.35 bits per heavy atom. The van der Waals surface area contributed by atoms with Gasteiger partial charge < -0.3 is 10.6 Å². The first kappa shape index (κ1) is 11.1. The second-order valence-corrected chi connectivity index (χ2v) is 5.59. The van der Waals surface area contributed by atoms with Crippen LogP contribution in [0.15, 0.2) is 18.2 Å². The minimum absolute atomic E-state index is 0.644. The minimum Gasteiger partial charge on any atom is -0.384 e. The minimum atomic E-state index is 0.644. The number of rotatable bonds is 5. The number of hydrogen-bond acceptors (Lipinski definition) is 2. The Bertz CT molecular complexity index is 407. The number of anilines is 1. The van der Waals surface area contributed by atoms with Crippen LogP contribution in [0.2, 0.25) is 0 Å². The molecule has 1 aromatic carbocycles. The quantitative estimate of drug-likeness (QED) is 0.812. The molecule has 1 heterocycles. The lowest BCUT2D eigenvalue weighted by Gasteiger charge is -2.15. The van der Waals surface area contributed by atoms with Gasteiger partial charge in [0.15, 0.2) is 0 Å². The van der Waals surface area contributed by atoms with Crippen molar-refractivity contribution in [3.05, 3.63) is 29.3 Å². The van der Waals surface area contributed by atoms with Crippen LogP contribution in [0.5, 0.6) is 0 Å². The van der Waals surface area contributed by atoms with Crippen molar-refractivity contribution in [3.8, 4) is 0 Å². The third-order valence-corrected chi connectivity index (χ3v) is 4.46. The third-order valence-electron chi connectivity index (χ3n) is 4.46. The fourth-order valence-corrected chi connectivity index (χ4v) is 2.85. The van der Waals surface area contributed by atoms with Crippen LogP contribution in [0.3, 0.4) is 0 Å². The van der Waals surface area contributed by atoms with Crippen LogP contribution in [0.25, 0.3) is 0 Å². The molecule has 0 atom stereocenters. The van der Waals surface area contributed by atoms with E-state index in [0.717, 1.165) is 13.1 Å². The molecule has 0 unspecified atom stereocenters. The van der Waals surface area contributed by atoms with Gasteiger partial charge in [-0.05, 0) is 42.2 Å². The van der Waals surface area contributed by atoms with Crippen LogP contribution in [-0.4, -0.2) is 13.1 Å². The van der Waals surface area contributed by atoms with Crippen LogP contribution in [0.4, 0.5) is 5.69 Å². The summed E-state index contributed by atoms with van der Waals surface area (Å²) in [6.07, 6.45) is 5.34. The zero-order valence-electron chi connectivity index (χ0n) is 10.7. The largest absolute Gasteiger partial charge is 0.384 e. The first-order valence-electron chi connectivity index (χ1n) is 6.88. The lowest BCUT2D eigenvalue weighted by Crippen LogP contribution is -2.23. The van der Waals surface area contributed by atoms with Gasteiger partial charge in [0, 0.05) is 25.3 Å². The van der Waals surface area contributed by atoms with Gasteiger partial charge in [0.05, 0.1) is 0 Å². The normalized spacial score (nSPS) is 19.8. The van der Waals surface area contributed by atoms with Crippen molar-refractivity contribution in [1.29, 1.82) is 0 Å². The number of benzene rings is 1. The SMILES string of the molecule is CCC1(CNCc2cccc3c2NCC3)CC1. The van der Waals surface area contributed by atoms with E-state index in [1.807, 2.05) is 0 Å². The van der Waals surface area contributed by atoms with Crippen LogP contribution in [0.1, 0.15) is 37.3 Å². The van der Waals surface area contributed by atoms with Gasteiger partial charge in [-0.25, -0.2) is 0 Å². The van der Waals surface area contributed by atoms with E-state index in [9.17, 15) is 0 Å². The highest BCUT2D eigenvalue weighted by atomic mass is 14.9. The topological polar surface area (TPSA) is 24.1 Å². The molecule has 0 bridgehead atoms. The molecule has 1 fully saturated rings. The number of hydrogen-bond donors (Lipinski definition) is 2. The molecule has 1 aromatic rings. The maximum Gasteiger partial charge on any atom is 0.0419 e. The highest BCUT2D eigenvalue weighted by molar-refractivity contribution is 5.61. The summed E-state index contributed by atoms with van der Waals surface area (Å²) in [6.45, 7) is 5.62. The maximum atomic E-state index is 3.65. The van der Waals surface area contributed by atoms with Crippen molar-refractivity contribution in [1.82, 2.24) is 5.32 Å². The maximum absolute atomic E-state index is 3.65. The first-order chi connectivity index (χ1) is 8.33. The van der Waals surface area contributed by atoms with E-state index in [2.05, 4.69) is 35.8 Å². The molecule has 2 heteroatoms. The van der Waals surface area contributed by atoms with E-state index in [-0.39, 0.29) is 0 Å². The summed E-state index contributed by atoms with van der Waals surface area (Å²) in [6, 6.07) is 6.68. The zero-order valence-corrected chi connectivity index (χ0v) is 10.7. The number of para-hydroxylation sites is 1. The zero-order chi connectivity index (χ0) is 11.7. The van der Waals surface area contributed by atoms with Crippen LogP contribution < -0.4 is 10.6 Å². The molecule has 17 heavy (non-hydrogen) atoms. The van der Waals surface area contributed by atoms with E-state index in [1.165, 1.54) is 49.0 Å². The molecule has 1 aliphatic carbocycles. The van der Waals surface area contributed by atoms with Crippen molar-refractivity contribution < 1.29 is 0 Å². The van der Waals surface area contributed by atoms with Crippen LogP contribution in [-0.2, 0) is 13.0 Å². The van der Waals surface area contributed by atoms with Crippen LogP contribution >= 0.6 is 0 Å². The molecule has 1 saturated carbocycles. The lowest BCUT2D eigenvalue weighted by molar-refractivity contribution is 0.443. The molecule has 0 amide bonds. The van der Waals surface area contributed by atoms with E-state index < -0.39 is 0 Å². The number of fused-ring (bicyclic) bond motifs is 1. The molecule has 92 valence electrons. The van der Waals surface area contributed by atoms with Crippen molar-refractivity contribution in [3.63, 3.8) is 0 Å². The highest BCUT2D eigenvalue weighted by Crippen LogP contribution is 2.47. The van der Waals surface area contributed by atoms with Crippen molar-refractivity contribution >= 4 is 5.69 Å². The third kappa shape index (κ3) is 2.19. The fourth-order valence-electron chi connectivity index (χ4n) is 2.85. The average Bonchev–Trinajstić information content (AvgIpc) is 2.97. The Labute approximate surface area is 104 Å². The van der Waals surface area contributed by atoms with Gasteiger partial charge in [-0.1, -0.05) is 25.1 Å². The van der Waals surface area contributed by atoms with Gasteiger partial charge in [-0.15, -0.1) is 0 Å². The highest BCUT2D eigenvalue weighted by Gasteiger charge is 2.39. The Balaban J connectivity index is 1.60. The Hall–Kier alpha value is -1.02. The molecule has 2 nitrogen and oxygen atoms in total. The van der Waals surface area contributed by atoms with Gasteiger partial charge in [0.1, 0.15) is 0 Å². The Morgan fingerprint density at radius 2 is 2.24 bits per heavy atom. The molecule has 2 aliphatic rings. The Kier molecular flexibility index (Phi) is 2.83. The summed E-state index contributed by atoms with van der Waals surface area (Å²) in [4.78, 5) is 0. The molecular weight excluding hydrogens is 208 g/mol. The molecule has 0 radical (unpaired) electrons. The lowest BCUT2D eigenvalue weighted by atomic mass is 10.0. The predicted molar refractivity (Wildman–Crippen MR) is 72.3 cm³/mol. The molecule has 3 rings (SSSR count). The summed E-state index contributed by atoms with van der Waals surface area (Å²) in [5.41, 5.74) is 4.96. The van der Waals surface area contributed by atoms with E-state index in [0.29, 0.717) is 5.41 Å². The van der Waals surface area contributed by atoms with E-state index in [4.69, 9.17) is 0 Å². The summed E-state index contributed by atoms with van der Waals surface area (Å²) in [7, 11) is 0. The van der Waals surface area contributed by atoms with Gasteiger partial charge in [-0.3, -0.25) is 0 Å². The second-order valence-electron chi connectivity index (χ2n) is 5.59. The van der Waals surface area contributed by atoms with E-state index in [1.54, 1.807) is 0 Å². The average molecular weight is 230 g/mol. The smallest absolute Gasteiger partial charge is 0.0419 e. The van der Waals surface area contributed by atoms with Gasteiger partial charge in [-0.2, -0.15) is 0 Å². The summed E-state index contributed by atoms with van der Waals surface area (Å²) in [5, 5.41) is 7.15. The van der Waals surface area contributed by atoms with Gasteiger partial charge in [0.2, 0.25) is 0 Å². The van der Waals surface area contributed by atoms with E-state index >= 15 is 0 Å². The predicted octanol–water partition coefficient (Wildman–Crippen LogP) is 2.93. The summed E-state index contributed by atoms with van der Waals surface area (Å²) < 4.78 is 0. The van der Waals surface area contributed by atoms with Crippen LogP contribution in [0, 0.1) is 5.41 Å². The van der Waals surface area contributed by atoms with Gasteiger partial charge in [0.25, 0.3) is 0 Å². The molecule has 1 aliphatic heterocycles. The molecular formula is C15H22N2. The first-order valence-corrected chi connectivity index (χ1v) is 6.88.